The third kappa shape index (κ3) is 5.27. The van der Waals surface area contributed by atoms with E-state index in [1.807, 2.05) is 0 Å². The largest absolute Gasteiger partial charge is 0.335 e. The van der Waals surface area contributed by atoms with Gasteiger partial charge >= 0.3 is 6.03 Å². The van der Waals surface area contributed by atoms with E-state index in [0.717, 1.165) is 37.8 Å². The van der Waals surface area contributed by atoms with Gasteiger partial charge in [0.15, 0.2) is 0 Å². The number of rotatable bonds is 5. The number of piperazine rings is 1. The van der Waals surface area contributed by atoms with Crippen LogP contribution in [0, 0.1) is 5.82 Å². The summed E-state index contributed by atoms with van der Waals surface area (Å²) in [6.07, 6.45) is 4.05. The lowest BCUT2D eigenvalue weighted by Gasteiger charge is -2.33. The van der Waals surface area contributed by atoms with Crippen LogP contribution in [0.5, 0.6) is 0 Å². The lowest BCUT2D eigenvalue weighted by Crippen LogP contribution is -2.52. The molecule has 0 spiro atoms. The molecule has 1 aliphatic carbocycles. The molecule has 1 saturated heterocycles. The van der Waals surface area contributed by atoms with Gasteiger partial charge in [0.05, 0.1) is 11.4 Å². The highest BCUT2D eigenvalue weighted by molar-refractivity contribution is 7.89. The van der Waals surface area contributed by atoms with E-state index in [1.165, 1.54) is 16.4 Å². The molecule has 3 amide bonds. The lowest BCUT2D eigenvalue weighted by molar-refractivity contribution is -0.121. The Labute approximate surface area is 164 Å². The van der Waals surface area contributed by atoms with Crippen molar-refractivity contribution in [3.63, 3.8) is 0 Å². The van der Waals surface area contributed by atoms with Crippen molar-refractivity contribution >= 4 is 22.0 Å². The highest BCUT2D eigenvalue weighted by Gasteiger charge is 2.29. The minimum atomic E-state index is -3.69. The summed E-state index contributed by atoms with van der Waals surface area (Å²) in [6.45, 7) is 1.22. The molecular formula is C18H25FN4O4S. The van der Waals surface area contributed by atoms with Crippen LogP contribution in [0.25, 0.3) is 0 Å². The van der Waals surface area contributed by atoms with Gasteiger partial charge in [-0.25, -0.2) is 17.6 Å². The van der Waals surface area contributed by atoms with Gasteiger partial charge in [0, 0.05) is 32.2 Å². The fourth-order valence-corrected chi connectivity index (χ4v) is 4.97. The number of carbonyl (C=O) groups excluding carboxylic acids is 2. The number of amides is 3. The number of carbonyl (C=O) groups is 2. The number of sulfonamides is 1. The van der Waals surface area contributed by atoms with E-state index in [1.54, 1.807) is 4.90 Å². The molecule has 0 aromatic heterocycles. The third-order valence-corrected chi connectivity index (χ3v) is 7.01. The molecular weight excluding hydrogens is 387 g/mol. The quantitative estimate of drug-likeness (QED) is 0.749. The first-order valence-corrected chi connectivity index (χ1v) is 10.9. The summed E-state index contributed by atoms with van der Waals surface area (Å²) in [5, 5.41) is 5.12. The normalized spacial score (nSPS) is 19.5. The van der Waals surface area contributed by atoms with Crippen LogP contribution in [0.3, 0.4) is 0 Å². The minimum absolute atomic E-state index is 0.0303. The molecule has 0 atom stereocenters. The van der Waals surface area contributed by atoms with Gasteiger partial charge in [0.2, 0.25) is 15.9 Å². The number of imide groups is 1. The maximum atomic E-state index is 13.0. The first-order chi connectivity index (χ1) is 13.3. The van der Waals surface area contributed by atoms with Crippen molar-refractivity contribution in [2.45, 2.75) is 36.6 Å². The minimum Gasteiger partial charge on any atom is -0.335 e. The van der Waals surface area contributed by atoms with Crippen molar-refractivity contribution in [3.05, 3.63) is 30.1 Å². The Balaban J connectivity index is 1.45. The van der Waals surface area contributed by atoms with Gasteiger partial charge in [-0.15, -0.1) is 0 Å². The van der Waals surface area contributed by atoms with Gasteiger partial charge in [-0.1, -0.05) is 12.8 Å². The van der Waals surface area contributed by atoms with Crippen LogP contribution in [-0.4, -0.2) is 68.3 Å². The van der Waals surface area contributed by atoms with Crippen LogP contribution in [0.4, 0.5) is 9.18 Å². The Bertz CT molecular complexity index is 801. The van der Waals surface area contributed by atoms with Gasteiger partial charge in [-0.3, -0.25) is 15.0 Å². The van der Waals surface area contributed by atoms with Crippen LogP contribution in [-0.2, 0) is 14.8 Å². The molecule has 0 unspecified atom stereocenters. The van der Waals surface area contributed by atoms with Crippen LogP contribution in [0.2, 0.25) is 0 Å². The molecule has 10 heteroatoms. The summed E-state index contributed by atoms with van der Waals surface area (Å²) < 4.78 is 39.5. The molecule has 0 bridgehead atoms. The smallest absolute Gasteiger partial charge is 0.321 e. The average Bonchev–Trinajstić information content (AvgIpc) is 3.15. The Morgan fingerprint density at radius 3 is 2.25 bits per heavy atom. The second-order valence-electron chi connectivity index (χ2n) is 7.14. The van der Waals surface area contributed by atoms with E-state index in [0.29, 0.717) is 13.1 Å². The van der Waals surface area contributed by atoms with E-state index < -0.39 is 27.8 Å². The fraction of sp³-hybridized carbons (Fsp3) is 0.556. The van der Waals surface area contributed by atoms with E-state index in [-0.39, 0.29) is 30.6 Å². The summed E-state index contributed by atoms with van der Waals surface area (Å²) in [6, 6.07) is 4.37. The van der Waals surface area contributed by atoms with Gasteiger partial charge in [0.1, 0.15) is 5.82 Å². The molecule has 2 aliphatic rings. The summed E-state index contributed by atoms with van der Waals surface area (Å²) in [7, 11) is -3.69. The van der Waals surface area contributed by atoms with E-state index >= 15 is 0 Å². The summed E-state index contributed by atoms with van der Waals surface area (Å²) in [5.74, 6) is -0.905. The Morgan fingerprint density at radius 1 is 1.04 bits per heavy atom. The maximum absolute atomic E-state index is 13.0. The third-order valence-electron chi connectivity index (χ3n) is 5.09. The molecule has 2 fully saturated rings. The Hall–Kier alpha value is -2.04. The molecule has 0 radical (unpaired) electrons. The molecule has 1 saturated carbocycles. The van der Waals surface area contributed by atoms with Crippen LogP contribution >= 0.6 is 0 Å². The second kappa shape index (κ2) is 8.97. The molecule has 8 nitrogen and oxygen atoms in total. The van der Waals surface area contributed by atoms with Crippen LogP contribution < -0.4 is 10.6 Å². The Kier molecular flexibility index (Phi) is 6.63. The summed E-state index contributed by atoms with van der Waals surface area (Å²) in [5.41, 5.74) is 0. The van der Waals surface area contributed by atoms with Crippen LogP contribution in [0.15, 0.2) is 29.2 Å². The molecule has 3 rings (SSSR count). The van der Waals surface area contributed by atoms with Crippen molar-refractivity contribution in [1.82, 2.24) is 19.8 Å². The Morgan fingerprint density at radius 2 is 1.64 bits per heavy atom. The monoisotopic (exact) mass is 412 g/mol. The topological polar surface area (TPSA) is 98.8 Å². The average molecular weight is 412 g/mol. The molecule has 1 heterocycles. The highest BCUT2D eigenvalue weighted by Crippen LogP contribution is 2.18. The van der Waals surface area contributed by atoms with Crippen molar-refractivity contribution < 1.29 is 22.4 Å². The molecule has 28 heavy (non-hydrogen) atoms. The van der Waals surface area contributed by atoms with E-state index in [2.05, 4.69) is 10.6 Å². The molecule has 1 aliphatic heterocycles. The zero-order chi connectivity index (χ0) is 20.1. The zero-order valence-corrected chi connectivity index (χ0v) is 16.4. The van der Waals surface area contributed by atoms with Crippen molar-refractivity contribution in [3.8, 4) is 0 Å². The number of hydrogen-bond acceptors (Lipinski definition) is 5. The van der Waals surface area contributed by atoms with Crippen molar-refractivity contribution in [2.75, 3.05) is 32.7 Å². The number of benzene rings is 1. The second-order valence-corrected chi connectivity index (χ2v) is 9.08. The predicted octanol–water partition coefficient (Wildman–Crippen LogP) is 0.900. The number of urea groups is 1. The first-order valence-electron chi connectivity index (χ1n) is 9.43. The van der Waals surface area contributed by atoms with Crippen molar-refractivity contribution in [1.29, 1.82) is 0 Å². The molecule has 1 aromatic carbocycles. The maximum Gasteiger partial charge on any atom is 0.321 e. The fourth-order valence-electron chi connectivity index (χ4n) is 3.54. The van der Waals surface area contributed by atoms with Gasteiger partial charge in [0.25, 0.3) is 0 Å². The van der Waals surface area contributed by atoms with Gasteiger partial charge in [-0.2, -0.15) is 4.31 Å². The van der Waals surface area contributed by atoms with Crippen molar-refractivity contribution in [2.24, 2.45) is 0 Å². The highest BCUT2D eigenvalue weighted by atomic mass is 32.2. The SMILES string of the molecule is O=C(CN1CCN(S(=O)(=O)c2ccc(F)cc2)CC1)NC(=O)NC1CCCC1. The zero-order valence-electron chi connectivity index (χ0n) is 15.6. The number of nitrogens with one attached hydrogen (secondary N) is 2. The van der Waals surface area contributed by atoms with Gasteiger partial charge in [-0.05, 0) is 37.1 Å². The number of hydrogen-bond donors (Lipinski definition) is 2. The number of halogens is 1. The summed E-state index contributed by atoms with van der Waals surface area (Å²) >= 11 is 0. The number of nitrogens with zero attached hydrogens (tertiary/aromatic N) is 2. The summed E-state index contributed by atoms with van der Waals surface area (Å²) in [4.78, 5) is 25.7. The van der Waals surface area contributed by atoms with Crippen LogP contribution in [0.1, 0.15) is 25.7 Å². The molecule has 2 N–H and O–H groups in total. The standard InChI is InChI=1S/C18H25FN4O4S/c19-14-5-7-16(8-6-14)28(26,27)23-11-9-22(10-12-23)13-17(24)21-18(25)20-15-3-1-2-4-15/h5-8,15H,1-4,9-13H2,(H2,20,21,24,25). The molecule has 1 aromatic rings. The lowest BCUT2D eigenvalue weighted by atomic mass is 10.2. The van der Waals surface area contributed by atoms with Gasteiger partial charge < -0.3 is 5.32 Å². The predicted molar refractivity (Wildman–Crippen MR) is 101 cm³/mol. The van der Waals surface area contributed by atoms with E-state index in [9.17, 15) is 22.4 Å². The van der Waals surface area contributed by atoms with E-state index in [4.69, 9.17) is 0 Å². The molecule has 154 valence electrons. The first kappa shape index (κ1) is 20.7.